The number of anilines is 1. The van der Waals surface area contributed by atoms with E-state index in [0.29, 0.717) is 16.7 Å². The van der Waals surface area contributed by atoms with Gasteiger partial charge in [-0.2, -0.15) is 5.10 Å². The SMILES string of the molecule is CCN(CC)c1ccc(/C=N/NC(=O)c2cccc(/C=C/C(=O)NO)c2)c(O)c1. The van der Waals surface area contributed by atoms with Gasteiger partial charge in [-0.1, -0.05) is 12.1 Å². The van der Waals surface area contributed by atoms with E-state index in [1.165, 1.54) is 17.8 Å². The Kier molecular flexibility index (Phi) is 7.93. The number of aromatic hydroxyl groups is 1. The van der Waals surface area contributed by atoms with E-state index in [4.69, 9.17) is 5.21 Å². The van der Waals surface area contributed by atoms with Crippen LogP contribution in [-0.4, -0.2) is 41.4 Å². The first-order valence-electron chi connectivity index (χ1n) is 9.12. The number of amides is 2. The van der Waals surface area contributed by atoms with Crippen LogP contribution in [0.15, 0.2) is 53.6 Å². The van der Waals surface area contributed by atoms with E-state index in [1.807, 2.05) is 19.9 Å². The number of phenols is 1. The highest BCUT2D eigenvalue weighted by atomic mass is 16.5. The summed E-state index contributed by atoms with van der Waals surface area (Å²) in [5.41, 5.74) is 6.23. The van der Waals surface area contributed by atoms with Crippen molar-refractivity contribution >= 4 is 29.8 Å². The first-order chi connectivity index (χ1) is 14.0. The van der Waals surface area contributed by atoms with Crippen molar-refractivity contribution in [2.24, 2.45) is 5.10 Å². The molecule has 8 nitrogen and oxygen atoms in total. The van der Waals surface area contributed by atoms with Gasteiger partial charge in [-0.15, -0.1) is 0 Å². The molecule has 0 bridgehead atoms. The highest BCUT2D eigenvalue weighted by Gasteiger charge is 2.07. The van der Waals surface area contributed by atoms with Gasteiger partial charge in [0, 0.05) is 42.0 Å². The largest absolute Gasteiger partial charge is 0.507 e. The Morgan fingerprint density at radius 3 is 2.55 bits per heavy atom. The average molecular weight is 396 g/mol. The Bertz CT molecular complexity index is 921. The van der Waals surface area contributed by atoms with Gasteiger partial charge in [0.25, 0.3) is 11.8 Å². The van der Waals surface area contributed by atoms with E-state index < -0.39 is 11.8 Å². The zero-order valence-electron chi connectivity index (χ0n) is 16.3. The van der Waals surface area contributed by atoms with Gasteiger partial charge in [0.1, 0.15) is 5.75 Å². The number of carbonyl (C=O) groups is 2. The van der Waals surface area contributed by atoms with E-state index >= 15 is 0 Å². The fourth-order valence-electron chi connectivity index (χ4n) is 2.64. The summed E-state index contributed by atoms with van der Waals surface area (Å²) in [4.78, 5) is 25.4. The number of nitrogens with zero attached hydrogens (tertiary/aromatic N) is 2. The molecule has 0 saturated heterocycles. The van der Waals surface area contributed by atoms with Gasteiger partial charge in [0.2, 0.25) is 0 Å². The third kappa shape index (κ3) is 6.18. The van der Waals surface area contributed by atoms with Crippen molar-refractivity contribution in [3.05, 3.63) is 65.2 Å². The lowest BCUT2D eigenvalue weighted by Gasteiger charge is -2.21. The van der Waals surface area contributed by atoms with Gasteiger partial charge in [-0.05, 0) is 49.8 Å². The van der Waals surface area contributed by atoms with Gasteiger partial charge in [0.05, 0.1) is 6.21 Å². The molecule has 0 saturated carbocycles. The minimum atomic E-state index is -0.670. The van der Waals surface area contributed by atoms with E-state index in [9.17, 15) is 14.7 Å². The van der Waals surface area contributed by atoms with Crippen LogP contribution in [0.4, 0.5) is 5.69 Å². The number of hydrogen-bond donors (Lipinski definition) is 4. The molecule has 0 aliphatic heterocycles. The zero-order chi connectivity index (χ0) is 21.2. The molecule has 0 spiro atoms. The van der Waals surface area contributed by atoms with Gasteiger partial charge < -0.3 is 10.0 Å². The topological polar surface area (TPSA) is 114 Å². The summed E-state index contributed by atoms with van der Waals surface area (Å²) in [6, 6.07) is 11.8. The summed E-state index contributed by atoms with van der Waals surface area (Å²) in [5.74, 6) is -1.04. The second kappa shape index (κ2) is 10.6. The molecule has 29 heavy (non-hydrogen) atoms. The Balaban J connectivity index is 2.04. The predicted molar refractivity (Wildman–Crippen MR) is 112 cm³/mol. The van der Waals surface area contributed by atoms with Crippen molar-refractivity contribution in [3.8, 4) is 5.75 Å². The van der Waals surface area contributed by atoms with E-state index in [-0.39, 0.29) is 5.75 Å². The van der Waals surface area contributed by atoms with Gasteiger partial charge in [-0.3, -0.25) is 14.8 Å². The number of benzene rings is 2. The molecule has 0 heterocycles. The van der Waals surface area contributed by atoms with Crippen molar-refractivity contribution < 1.29 is 19.9 Å². The molecule has 0 aliphatic rings. The van der Waals surface area contributed by atoms with Crippen molar-refractivity contribution in [3.63, 3.8) is 0 Å². The standard InChI is InChI=1S/C21H24N4O4/c1-3-25(4-2)18-10-9-17(19(26)13-18)14-22-23-21(28)16-7-5-6-15(12-16)8-11-20(27)24-29/h5-14,26,29H,3-4H2,1-2H3,(H,23,28)(H,24,27)/b11-8+,22-14+. The van der Waals surface area contributed by atoms with E-state index in [2.05, 4.69) is 15.4 Å². The summed E-state index contributed by atoms with van der Waals surface area (Å²) in [6.07, 6.45) is 3.97. The van der Waals surface area contributed by atoms with Gasteiger partial charge >= 0.3 is 0 Å². The molecule has 0 radical (unpaired) electrons. The van der Waals surface area contributed by atoms with E-state index in [0.717, 1.165) is 24.9 Å². The van der Waals surface area contributed by atoms with Gasteiger partial charge in [0.15, 0.2) is 0 Å². The molecule has 0 aromatic heterocycles. The van der Waals surface area contributed by atoms with Crippen LogP contribution in [0.3, 0.4) is 0 Å². The molecule has 2 amide bonds. The predicted octanol–water partition coefficient (Wildman–Crippen LogP) is 2.52. The molecular weight excluding hydrogens is 372 g/mol. The Labute approximate surface area is 169 Å². The monoisotopic (exact) mass is 396 g/mol. The number of phenolic OH excluding ortho intramolecular Hbond substituents is 1. The zero-order valence-corrected chi connectivity index (χ0v) is 16.3. The highest BCUT2D eigenvalue weighted by molar-refractivity contribution is 5.96. The molecule has 0 fully saturated rings. The molecule has 0 unspecified atom stereocenters. The Morgan fingerprint density at radius 1 is 1.14 bits per heavy atom. The van der Waals surface area contributed by atoms with Crippen LogP contribution in [0, 0.1) is 0 Å². The van der Waals surface area contributed by atoms with Crippen LogP contribution in [0.25, 0.3) is 6.08 Å². The molecule has 0 aliphatic carbocycles. The Hall–Kier alpha value is -3.65. The van der Waals surface area contributed by atoms with Crippen LogP contribution >= 0.6 is 0 Å². The molecular formula is C21H24N4O4. The number of hydroxylamine groups is 1. The number of nitrogens with one attached hydrogen (secondary N) is 2. The summed E-state index contributed by atoms with van der Waals surface area (Å²) in [7, 11) is 0. The van der Waals surface area contributed by atoms with Crippen molar-refractivity contribution in [1.29, 1.82) is 0 Å². The van der Waals surface area contributed by atoms with Crippen molar-refractivity contribution in [1.82, 2.24) is 10.9 Å². The lowest BCUT2D eigenvalue weighted by atomic mass is 10.1. The van der Waals surface area contributed by atoms with Crippen LogP contribution in [0.2, 0.25) is 0 Å². The second-order valence-corrected chi connectivity index (χ2v) is 6.05. The first kappa shape index (κ1) is 21.6. The molecule has 0 atom stereocenters. The first-order valence-corrected chi connectivity index (χ1v) is 9.12. The summed E-state index contributed by atoms with van der Waals surface area (Å²) >= 11 is 0. The molecule has 2 aromatic carbocycles. The maximum absolute atomic E-state index is 12.3. The minimum absolute atomic E-state index is 0.0710. The molecule has 2 aromatic rings. The highest BCUT2D eigenvalue weighted by Crippen LogP contribution is 2.23. The molecule has 4 N–H and O–H groups in total. The van der Waals surface area contributed by atoms with Crippen LogP contribution < -0.4 is 15.8 Å². The lowest BCUT2D eigenvalue weighted by Crippen LogP contribution is -2.21. The number of rotatable bonds is 8. The second-order valence-electron chi connectivity index (χ2n) is 6.05. The molecule has 2 rings (SSSR count). The maximum atomic E-state index is 12.3. The van der Waals surface area contributed by atoms with Crippen molar-refractivity contribution in [2.45, 2.75) is 13.8 Å². The Morgan fingerprint density at radius 2 is 1.90 bits per heavy atom. The van der Waals surface area contributed by atoms with E-state index in [1.54, 1.807) is 36.4 Å². The molecule has 152 valence electrons. The fraction of sp³-hybridized carbons (Fsp3) is 0.190. The quantitative estimate of drug-likeness (QED) is 0.237. The normalized spacial score (nSPS) is 11.0. The van der Waals surface area contributed by atoms with Crippen LogP contribution in [0.5, 0.6) is 5.75 Å². The minimum Gasteiger partial charge on any atom is -0.507 e. The van der Waals surface area contributed by atoms with Gasteiger partial charge in [-0.25, -0.2) is 10.9 Å². The summed E-state index contributed by atoms with van der Waals surface area (Å²) in [5, 5.41) is 22.6. The van der Waals surface area contributed by atoms with Crippen molar-refractivity contribution in [2.75, 3.05) is 18.0 Å². The summed E-state index contributed by atoms with van der Waals surface area (Å²) < 4.78 is 0. The number of carbonyl (C=O) groups excluding carboxylic acids is 2. The van der Waals surface area contributed by atoms with Crippen LogP contribution in [-0.2, 0) is 4.79 Å². The molecule has 8 heteroatoms. The third-order valence-corrected chi connectivity index (χ3v) is 4.20. The lowest BCUT2D eigenvalue weighted by molar-refractivity contribution is -0.124. The fourth-order valence-corrected chi connectivity index (χ4v) is 2.64. The smallest absolute Gasteiger partial charge is 0.271 e. The maximum Gasteiger partial charge on any atom is 0.271 e. The average Bonchev–Trinajstić information content (AvgIpc) is 2.74. The third-order valence-electron chi connectivity index (χ3n) is 4.20. The number of hydrogen-bond acceptors (Lipinski definition) is 6. The van der Waals surface area contributed by atoms with Crippen LogP contribution in [0.1, 0.15) is 35.3 Å². The summed E-state index contributed by atoms with van der Waals surface area (Å²) in [6.45, 7) is 5.74. The number of hydrazone groups is 1.